The second-order valence-electron chi connectivity index (χ2n) is 6.84. The van der Waals surface area contributed by atoms with Crippen LogP contribution in [0.5, 0.6) is 0 Å². The monoisotopic (exact) mass is 418 g/mol. The van der Waals surface area contributed by atoms with Gasteiger partial charge in [-0.25, -0.2) is 0 Å². The highest BCUT2D eigenvalue weighted by Crippen LogP contribution is 2.40. The van der Waals surface area contributed by atoms with Gasteiger partial charge in [0.1, 0.15) is 5.76 Å². The van der Waals surface area contributed by atoms with E-state index in [1.165, 1.54) is 4.90 Å². The standard InChI is InChI=1S/C21H20Cl2N2O3/c1-24(2)10-11-25-18(14-8-9-15(22)16(23)12-14)17(20(27)21(25)28)19(26)13-6-4-3-5-7-13/h3-9,12,18,26H,10-11H2,1-2H3. The van der Waals surface area contributed by atoms with Gasteiger partial charge in [-0.2, -0.15) is 0 Å². The minimum Gasteiger partial charge on any atom is -0.507 e. The topological polar surface area (TPSA) is 60.9 Å². The Bertz CT molecular complexity index is 942. The molecule has 0 saturated carbocycles. The van der Waals surface area contributed by atoms with Gasteiger partial charge < -0.3 is 14.9 Å². The van der Waals surface area contributed by atoms with E-state index in [9.17, 15) is 14.7 Å². The molecule has 3 rings (SSSR count). The summed E-state index contributed by atoms with van der Waals surface area (Å²) in [7, 11) is 3.77. The number of likely N-dealkylation sites (N-methyl/N-ethyl adjacent to an activating group) is 1. The van der Waals surface area contributed by atoms with Crippen molar-refractivity contribution in [1.82, 2.24) is 9.80 Å². The molecule has 0 aliphatic carbocycles. The van der Waals surface area contributed by atoms with Gasteiger partial charge in [0.15, 0.2) is 0 Å². The van der Waals surface area contributed by atoms with Gasteiger partial charge in [0, 0.05) is 18.7 Å². The Labute approximate surface area is 173 Å². The molecule has 0 aromatic heterocycles. The fourth-order valence-corrected chi connectivity index (χ4v) is 3.51. The van der Waals surface area contributed by atoms with Crippen LogP contribution in [0.25, 0.3) is 5.76 Å². The van der Waals surface area contributed by atoms with Crippen molar-refractivity contribution >= 4 is 40.7 Å². The maximum absolute atomic E-state index is 12.8. The molecule has 7 heteroatoms. The summed E-state index contributed by atoms with van der Waals surface area (Å²) in [6.45, 7) is 0.893. The number of nitrogens with zero attached hydrogens (tertiary/aromatic N) is 2. The molecule has 1 aliphatic heterocycles. The molecule has 0 bridgehead atoms. The van der Waals surface area contributed by atoms with Crippen molar-refractivity contribution < 1.29 is 14.7 Å². The second kappa shape index (κ2) is 8.35. The van der Waals surface area contributed by atoms with Crippen LogP contribution in [0.2, 0.25) is 10.0 Å². The largest absolute Gasteiger partial charge is 0.507 e. The van der Waals surface area contributed by atoms with Crippen molar-refractivity contribution in [3.63, 3.8) is 0 Å². The zero-order valence-corrected chi connectivity index (χ0v) is 17.0. The molecular weight excluding hydrogens is 399 g/mol. The molecule has 1 atom stereocenters. The molecule has 1 heterocycles. The Hall–Kier alpha value is -2.34. The highest BCUT2D eigenvalue weighted by molar-refractivity contribution is 6.46. The van der Waals surface area contributed by atoms with Gasteiger partial charge in [0.25, 0.3) is 11.7 Å². The fraction of sp³-hybridized carbons (Fsp3) is 0.238. The molecule has 0 spiro atoms. The van der Waals surface area contributed by atoms with Gasteiger partial charge in [-0.05, 0) is 31.8 Å². The fourth-order valence-electron chi connectivity index (χ4n) is 3.20. The van der Waals surface area contributed by atoms with E-state index in [1.807, 2.05) is 25.1 Å². The van der Waals surface area contributed by atoms with Crippen LogP contribution in [0.3, 0.4) is 0 Å². The Morgan fingerprint density at radius 1 is 1.07 bits per heavy atom. The first-order valence-electron chi connectivity index (χ1n) is 8.74. The molecule has 146 valence electrons. The normalized spacial score (nSPS) is 18.9. The summed E-state index contributed by atoms with van der Waals surface area (Å²) in [4.78, 5) is 29.0. The van der Waals surface area contributed by atoms with Crippen molar-refractivity contribution in [2.45, 2.75) is 6.04 Å². The second-order valence-corrected chi connectivity index (χ2v) is 7.65. The highest BCUT2D eigenvalue weighted by atomic mass is 35.5. The van der Waals surface area contributed by atoms with Crippen LogP contribution >= 0.6 is 23.2 Å². The lowest BCUT2D eigenvalue weighted by Gasteiger charge is -2.26. The average molecular weight is 419 g/mol. The quantitative estimate of drug-likeness (QED) is 0.453. The molecule has 1 amide bonds. The minimum absolute atomic E-state index is 0.0494. The number of aliphatic hydroxyl groups is 1. The van der Waals surface area contributed by atoms with Crippen molar-refractivity contribution in [3.8, 4) is 0 Å². The van der Waals surface area contributed by atoms with Crippen LogP contribution in [0.1, 0.15) is 17.2 Å². The molecule has 1 unspecified atom stereocenters. The molecule has 5 nitrogen and oxygen atoms in total. The van der Waals surface area contributed by atoms with E-state index in [2.05, 4.69) is 0 Å². The molecular formula is C21H20Cl2N2O3. The van der Waals surface area contributed by atoms with Gasteiger partial charge in [-0.3, -0.25) is 9.59 Å². The van der Waals surface area contributed by atoms with Crippen LogP contribution in [0.4, 0.5) is 0 Å². The van der Waals surface area contributed by atoms with Crippen LogP contribution in [-0.2, 0) is 9.59 Å². The number of aliphatic hydroxyl groups excluding tert-OH is 1. The van der Waals surface area contributed by atoms with Crippen LogP contribution in [0, 0.1) is 0 Å². The number of benzene rings is 2. The van der Waals surface area contributed by atoms with Gasteiger partial charge in [-0.1, -0.05) is 59.6 Å². The predicted molar refractivity (Wildman–Crippen MR) is 110 cm³/mol. The smallest absolute Gasteiger partial charge is 0.295 e. The minimum atomic E-state index is -0.741. The van der Waals surface area contributed by atoms with E-state index in [1.54, 1.807) is 42.5 Å². The molecule has 2 aromatic rings. The highest BCUT2D eigenvalue weighted by Gasteiger charge is 2.46. The number of rotatable bonds is 5. The van der Waals surface area contributed by atoms with E-state index in [4.69, 9.17) is 23.2 Å². The molecule has 1 fully saturated rings. The van der Waals surface area contributed by atoms with Gasteiger partial charge in [0.2, 0.25) is 0 Å². The number of amides is 1. The number of carbonyl (C=O) groups excluding carboxylic acids is 2. The predicted octanol–water partition coefficient (Wildman–Crippen LogP) is 3.98. The molecule has 1 saturated heterocycles. The summed E-state index contributed by atoms with van der Waals surface area (Å²) in [6, 6.07) is 12.9. The average Bonchev–Trinajstić information content (AvgIpc) is 2.93. The summed E-state index contributed by atoms with van der Waals surface area (Å²) in [5, 5.41) is 11.6. The lowest BCUT2D eigenvalue weighted by atomic mass is 9.95. The summed E-state index contributed by atoms with van der Waals surface area (Å²) in [5.74, 6) is -1.56. The number of carbonyl (C=O) groups is 2. The number of hydrogen-bond donors (Lipinski definition) is 1. The third-order valence-corrected chi connectivity index (χ3v) is 5.37. The first-order chi connectivity index (χ1) is 13.3. The van der Waals surface area contributed by atoms with E-state index in [-0.39, 0.29) is 11.3 Å². The number of halogens is 2. The number of Topliss-reactive ketones (excluding diaryl/α,β-unsaturated/α-hetero) is 1. The maximum Gasteiger partial charge on any atom is 0.295 e. The molecule has 0 radical (unpaired) electrons. The Morgan fingerprint density at radius 2 is 1.75 bits per heavy atom. The van der Waals surface area contributed by atoms with E-state index in [0.29, 0.717) is 34.3 Å². The molecule has 1 aliphatic rings. The number of hydrogen-bond acceptors (Lipinski definition) is 4. The molecule has 1 N–H and O–H groups in total. The number of likely N-dealkylation sites (tertiary alicyclic amines) is 1. The van der Waals surface area contributed by atoms with E-state index >= 15 is 0 Å². The first-order valence-corrected chi connectivity index (χ1v) is 9.50. The van der Waals surface area contributed by atoms with Crippen LogP contribution in [-0.4, -0.2) is 53.8 Å². The lowest BCUT2D eigenvalue weighted by Crippen LogP contribution is -2.35. The summed E-state index contributed by atoms with van der Waals surface area (Å²) in [5.41, 5.74) is 1.14. The summed E-state index contributed by atoms with van der Waals surface area (Å²) < 4.78 is 0. The molecule has 2 aromatic carbocycles. The number of ketones is 1. The van der Waals surface area contributed by atoms with Crippen LogP contribution < -0.4 is 0 Å². The third kappa shape index (κ3) is 3.92. The molecule has 28 heavy (non-hydrogen) atoms. The zero-order valence-electron chi connectivity index (χ0n) is 15.5. The van der Waals surface area contributed by atoms with Crippen molar-refractivity contribution in [2.24, 2.45) is 0 Å². The summed E-state index contributed by atoms with van der Waals surface area (Å²) in [6.07, 6.45) is 0. The van der Waals surface area contributed by atoms with Crippen molar-refractivity contribution in [3.05, 3.63) is 75.3 Å². The first kappa shape index (κ1) is 20.4. The van der Waals surface area contributed by atoms with Gasteiger partial charge in [0.05, 0.1) is 21.7 Å². The maximum atomic E-state index is 12.8. The Kier molecular flexibility index (Phi) is 6.08. The Balaban J connectivity index is 2.16. The van der Waals surface area contributed by atoms with E-state index < -0.39 is 17.7 Å². The zero-order chi connectivity index (χ0) is 20.4. The van der Waals surface area contributed by atoms with Gasteiger partial charge >= 0.3 is 0 Å². The van der Waals surface area contributed by atoms with Crippen LogP contribution in [0.15, 0.2) is 54.1 Å². The Morgan fingerprint density at radius 3 is 2.36 bits per heavy atom. The van der Waals surface area contributed by atoms with Gasteiger partial charge in [-0.15, -0.1) is 0 Å². The van der Waals surface area contributed by atoms with Crippen molar-refractivity contribution in [2.75, 3.05) is 27.2 Å². The lowest BCUT2D eigenvalue weighted by molar-refractivity contribution is -0.140. The SMILES string of the molecule is CN(C)CCN1C(=O)C(=O)C(=C(O)c2ccccc2)C1c1ccc(Cl)c(Cl)c1. The van der Waals surface area contributed by atoms with E-state index in [0.717, 1.165) is 0 Å². The van der Waals surface area contributed by atoms with Crippen molar-refractivity contribution in [1.29, 1.82) is 0 Å². The third-order valence-electron chi connectivity index (χ3n) is 4.63. The summed E-state index contributed by atoms with van der Waals surface area (Å²) >= 11 is 12.2.